The molecule has 1 aliphatic rings. The van der Waals surface area contributed by atoms with Crippen molar-refractivity contribution in [1.82, 2.24) is 4.90 Å². The van der Waals surface area contributed by atoms with E-state index in [1.807, 2.05) is 51.4 Å². The lowest BCUT2D eigenvalue weighted by molar-refractivity contribution is -0.147. The monoisotopic (exact) mass is 377 g/mol. The third-order valence-electron chi connectivity index (χ3n) is 4.15. The van der Waals surface area contributed by atoms with Crippen molar-refractivity contribution in [3.8, 4) is 0 Å². The molecule has 0 aromatic heterocycles. The molecule has 27 heavy (non-hydrogen) atoms. The van der Waals surface area contributed by atoms with Crippen molar-refractivity contribution in [2.45, 2.75) is 25.2 Å². The van der Waals surface area contributed by atoms with Crippen LogP contribution in [0.5, 0.6) is 0 Å². The highest BCUT2D eigenvalue weighted by Gasteiger charge is 2.62. The number of rotatable bonds is 8. The van der Waals surface area contributed by atoms with E-state index < -0.39 is 17.4 Å². The predicted molar refractivity (Wildman–Crippen MR) is 100 cm³/mol. The summed E-state index contributed by atoms with van der Waals surface area (Å²) in [7, 11) is 4.09. The lowest BCUT2D eigenvalue weighted by Crippen LogP contribution is -2.29. The topological polar surface area (TPSA) is 104 Å². The largest absolute Gasteiger partial charge is 0.478 e. The van der Waals surface area contributed by atoms with Crippen LogP contribution >= 0.6 is 0 Å². The van der Waals surface area contributed by atoms with E-state index in [9.17, 15) is 14.4 Å². The average Bonchev–Trinajstić information content (AvgIpc) is 3.33. The molecule has 2 unspecified atom stereocenters. The first-order chi connectivity index (χ1) is 12.7. The van der Waals surface area contributed by atoms with Crippen molar-refractivity contribution in [2.75, 3.05) is 27.2 Å². The van der Waals surface area contributed by atoms with Crippen LogP contribution in [0.1, 0.15) is 25.3 Å². The van der Waals surface area contributed by atoms with Crippen LogP contribution in [-0.4, -0.2) is 60.3 Å². The van der Waals surface area contributed by atoms with Crippen LogP contribution in [0, 0.1) is 5.92 Å². The summed E-state index contributed by atoms with van der Waals surface area (Å²) in [6.45, 7) is 3.46. The third kappa shape index (κ3) is 6.86. The van der Waals surface area contributed by atoms with Crippen molar-refractivity contribution >= 4 is 17.9 Å². The van der Waals surface area contributed by atoms with Crippen molar-refractivity contribution in [3.05, 3.63) is 48.0 Å². The Bertz CT molecular complexity index is 654. The Kier molecular flexibility index (Phi) is 8.68. The summed E-state index contributed by atoms with van der Waals surface area (Å²) >= 11 is 0. The summed E-state index contributed by atoms with van der Waals surface area (Å²) in [6, 6.07) is 10.1. The normalized spacial score (nSPS) is 20.7. The molecular formula is C20H27NO6. The Labute approximate surface area is 159 Å². The van der Waals surface area contributed by atoms with E-state index in [1.54, 1.807) is 0 Å². The fourth-order valence-corrected chi connectivity index (χ4v) is 2.91. The molecule has 0 bridgehead atoms. The second-order valence-corrected chi connectivity index (χ2v) is 6.65. The van der Waals surface area contributed by atoms with Gasteiger partial charge >= 0.3 is 17.9 Å². The minimum atomic E-state index is -1.26. The molecule has 2 rings (SSSR count). The number of aliphatic carboxylic acids is 2. The van der Waals surface area contributed by atoms with Gasteiger partial charge in [-0.05, 0) is 38.4 Å². The minimum Gasteiger partial charge on any atom is -0.478 e. The summed E-state index contributed by atoms with van der Waals surface area (Å²) in [4.78, 5) is 33.7. The zero-order chi connectivity index (χ0) is 20.4. The number of carboxylic acid groups (broad SMARTS) is 2. The number of carboxylic acids is 2. The highest BCUT2D eigenvalue weighted by molar-refractivity contribution is 5.89. The molecular weight excluding hydrogens is 350 g/mol. The molecule has 0 saturated heterocycles. The summed E-state index contributed by atoms with van der Waals surface area (Å²) in [5, 5.41) is 15.6. The summed E-state index contributed by atoms with van der Waals surface area (Å²) in [5.74, 6) is -2.19. The first-order valence-corrected chi connectivity index (χ1v) is 8.75. The molecule has 7 heteroatoms. The van der Waals surface area contributed by atoms with Gasteiger partial charge in [-0.25, -0.2) is 9.59 Å². The van der Waals surface area contributed by atoms with E-state index in [0.717, 1.165) is 24.9 Å². The highest BCUT2D eigenvalue weighted by Crippen LogP contribution is 2.55. The van der Waals surface area contributed by atoms with Gasteiger partial charge in [-0.2, -0.15) is 0 Å². The zero-order valence-electron chi connectivity index (χ0n) is 15.9. The van der Waals surface area contributed by atoms with Gasteiger partial charge < -0.3 is 19.8 Å². The second-order valence-electron chi connectivity index (χ2n) is 6.65. The Morgan fingerprint density at radius 2 is 1.70 bits per heavy atom. The number of benzene rings is 1. The number of esters is 1. The molecule has 0 spiro atoms. The second kappa shape index (κ2) is 10.5. The molecule has 1 saturated carbocycles. The van der Waals surface area contributed by atoms with E-state index in [0.29, 0.717) is 24.7 Å². The van der Waals surface area contributed by atoms with Gasteiger partial charge in [0.1, 0.15) is 0 Å². The van der Waals surface area contributed by atoms with E-state index in [2.05, 4.69) is 4.90 Å². The SMILES string of the molecule is CCCOC(=O)C1(c2ccccc2)CC1CN(C)C.O=C(O)/C=C\C(=O)O. The van der Waals surface area contributed by atoms with Crippen LogP contribution in [0.2, 0.25) is 0 Å². The van der Waals surface area contributed by atoms with Crippen molar-refractivity contribution < 1.29 is 29.3 Å². The van der Waals surface area contributed by atoms with Crippen LogP contribution in [0.15, 0.2) is 42.5 Å². The lowest BCUT2D eigenvalue weighted by Gasteiger charge is -2.18. The molecule has 1 aliphatic carbocycles. The van der Waals surface area contributed by atoms with E-state index in [1.165, 1.54) is 0 Å². The van der Waals surface area contributed by atoms with Crippen molar-refractivity contribution in [1.29, 1.82) is 0 Å². The average molecular weight is 377 g/mol. The quantitative estimate of drug-likeness (QED) is 0.528. The smallest absolute Gasteiger partial charge is 0.328 e. The Balaban J connectivity index is 0.000000387. The predicted octanol–water partition coefficient (Wildman–Crippen LogP) is 2.17. The molecule has 0 radical (unpaired) electrons. The van der Waals surface area contributed by atoms with Crippen molar-refractivity contribution in [3.63, 3.8) is 0 Å². The summed E-state index contributed by atoms with van der Waals surface area (Å²) in [6.07, 6.45) is 2.89. The standard InChI is InChI=1S/C16H23NO2.C4H4O4/c1-4-10-19-15(18)16(11-14(16)12-17(2)3)13-8-6-5-7-9-13;5-3(6)1-2-4(7)8/h5-9,14H,4,10-12H2,1-3H3;1-2H,(H,5,6)(H,7,8)/b;2-1-. The van der Waals surface area contributed by atoms with Gasteiger partial charge in [0, 0.05) is 18.7 Å². The lowest BCUT2D eigenvalue weighted by atomic mass is 9.93. The first-order valence-electron chi connectivity index (χ1n) is 8.75. The van der Waals surface area contributed by atoms with E-state index in [4.69, 9.17) is 14.9 Å². The van der Waals surface area contributed by atoms with Crippen LogP contribution in [0.3, 0.4) is 0 Å². The van der Waals surface area contributed by atoms with Gasteiger partial charge in [-0.1, -0.05) is 37.3 Å². The maximum atomic E-state index is 12.4. The molecule has 148 valence electrons. The maximum Gasteiger partial charge on any atom is 0.328 e. The number of carbonyl (C=O) groups excluding carboxylic acids is 1. The number of ether oxygens (including phenoxy) is 1. The van der Waals surface area contributed by atoms with Crippen LogP contribution in [0.25, 0.3) is 0 Å². The van der Waals surface area contributed by atoms with Crippen LogP contribution in [0.4, 0.5) is 0 Å². The van der Waals surface area contributed by atoms with Gasteiger partial charge in [0.25, 0.3) is 0 Å². The molecule has 2 atom stereocenters. The maximum absolute atomic E-state index is 12.4. The fraction of sp³-hybridized carbons (Fsp3) is 0.450. The number of hydrogen-bond acceptors (Lipinski definition) is 5. The molecule has 7 nitrogen and oxygen atoms in total. The van der Waals surface area contributed by atoms with E-state index >= 15 is 0 Å². The van der Waals surface area contributed by atoms with Crippen LogP contribution in [-0.2, 0) is 24.5 Å². The number of nitrogens with zero attached hydrogens (tertiary/aromatic N) is 1. The fourth-order valence-electron chi connectivity index (χ4n) is 2.91. The Morgan fingerprint density at radius 1 is 1.15 bits per heavy atom. The van der Waals surface area contributed by atoms with Gasteiger partial charge in [-0.15, -0.1) is 0 Å². The Hall–Kier alpha value is -2.67. The van der Waals surface area contributed by atoms with Gasteiger partial charge in [0.2, 0.25) is 0 Å². The molecule has 1 aromatic rings. The van der Waals surface area contributed by atoms with Crippen LogP contribution < -0.4 is 0 Å². The molecule has 0 aliphatic heterocycles. The molecule has 0 amide bonds. The summed E-state index contributed by atoms with van der Waals surface area (Å²) in [5.41, 5.74) is 0.698. The molecule has 0 heterocycles. The van der Waals surface area contributed by atoms with Gasteiger partial charge in [-0.3, -0.25) is 4.79 Å². The Morgan fingerprint density at radius 3 is 2.15 bits per heavy atom. The van der Waals surface area contributed by atoms with Gasteiger partial charge in [0.05, 0.1) is 12.0 Å². The van der Waals surface area contributed by atoms with E-state index in [-0.39, 0.29) is 5.97 Å². The summed E-state index contributed by atoms with van der Waals surface area (Å²) < 4.78 is 5.43. The number of hydrogen-bond donors (Lipinski definition) is 2. The first kappa shape index (κ1) is 22.4. The highest BCUT2D eigenvalue weighted by atomic mass is 16.5. The van der Waals surface area contributed by atoms with Crippen molar-refractivity contribution in [2.24, 2.45) is 5.92 Å². The molecule has 1 aromatic carbocycles. The zero-order valence-corrected chi connectivity index (χ0v) is 15.9. The molecule has 2 N–H and O–H groups in total. The third-order valence-corrected chi connectivity index (χ3v) is 4.15. The molecule has 1 fully saturated rings. The number of carbonyl (C=O) groups is 3. The van der Waals surface area contributed by atoms with Gasteiger partial charge in [0.15, 0.2) is 0 Å². The minimum absolute atomic E-state index is 0.0487.